The Labute approximate surface area is 94.1 Å². The van der Waals surface area contributed by atoms with Crippen LogP contribution >= 0.6 is 0 Å². The molecule has 0 fully saturated rings. The Morgan fingerprint density at radius 3 is 2.07 bits per heavy atom. The van der Waals surface area contributed by atoms with Crippen LogP contribution in [0.2, 0.25) is 0 Å². The van der Waals surface area contributed by atoms with Crippen molar-refractivity contribution in [3.8, 4) is 0 Å². The smallest absolute Gasteiger partial charge is 0.229 e. The second-order valence-corrected chi connectivity index (χ2v) is 6.36. The third-order valence-electron chi connectivity index (χ3n) is 2.82. The second-order valence-electron chi connectivity index (χ2n) is 6.36. The zero-order chi connectivity index (χ0) is 11.9. The standard InChI is InChI=1S/C13H25N2/c1-8-10-11(12(2,3)4)15(9-14-10)13(5,6)7/h9-10H,8H2,1-7H3/q+1. The minimum Gasteiger partial charge on any atom is -0.229 e. The minimum absolute atomic E-state index is 0.135. The van der Waals surface area contributed by atoms with Crippen molar-refractivity contribution in [2.24, 2.45) is 10.4 Å². The number of nitrogens with zero attached hydrogens (tertiary/aromatic N) is 2. The van der Waals surface area contributed by atoms with E-state index in [1.165, 1.54) is 5.71 Å². The topological polar surface area (TPSA) is 15.4 Å². The summed E-state index contributed by atoms with van der Waals surface area (Å²) < 4.78 is 2.35. The van der Waals surface area contributed by atoms with E-state index in [1.807, 2.05) is 6.34 Å². The molecule has 1 unspecified atom stereocenters. The number of rotatable bonds is 1. The second kappa shape index (κ2) is 3.73. The summed E-state index contributed by atoms with van der Waals surface area (Å²) in [6.45, 7) is 15.8. The molecular formula is C13H25N2+. The molecule has 86 valence electrons. The quantitative estimate of drug-likeness (QED) is 0.590. The van der Waals surface area contributed by atoms with Crippen molar-refractivity contribution in [3.63, 3.8) is 0 Å². The van der Waals surface area contributed by atoms with Gasteiger partial charge < -0.3 is 0 Å². The average molecular weight is 209 g/mol. The van der Waals surface area contributed by atoms with Gasteiger partial charge in [-0.05, 0) is 27.2 Å². The molecule has 15 heavy (non-hydrogen) atoms. The zero-order valence-electron chi connectivity index (χ0n) is 11.3. The van der Waals surface area contributed by atoms with E-state index in [2.05, 4.69) is 58.0 Å². The summed E-state index contributed by atoms with van der Waals surface area (Å²) in [5.74, 6) is 0. The predicted molar refractivity (Wildman–Crippen MR) is 67.0 cm³/mol. The lowest BCUT2D eigenvalue weighted by Gasteiger charge is -2.26. The van der Waals surface area contributed by atoms with Crippen molar-refractivity contribution in [1.82, 2.24) is 0 Å². The van der Waals surface area contributed by atoms with Crippen LogP contribution in [0.4, 0.5) is 0 Å². The molecule has 1 heterocycles. The highest BCUT2D eigenvalue weighted by molar-refractivity contribution is 5.95. The Bertz CT molecular complexity index is 297. The molecule has 0 aromatic heterocycles. The first-order valence-electron chi connectivity index (χ1n) is 5.88. The lowest BCUT2D eigenvalue weighted by molar-refractivity contribution is -0.484. The van der Waals surface area contributed by atoms with Crippen LogP contribution in [0.1, 0.15) is 54.9 Å². The molecule has 0 radical (unpaired) electrons. The van der Waals surface area contributed by atoms with Crippen LogP contribution in [0, 0.1) is 5.41 Å². The first-order chi connectivity index (χ1) is 6.68. The van der Waals surface area contributed by atoms with Crippen molar-refractivity contribution >= 4 is 12.1 Å². The number of aliphatic imine (C=N–C) groups is 1. The Morgan fingerprint density at radius 2 is 1.73 bits per heavy atom. The van der Waals surface area contributed by atoms with Crippen molar-refractivity contribution < 1.29 is 4.58 Å². The molecule has 0 saturated carbocycles. The zero-order valence-corrected chi connectivity index (χ0v) is 11.3. The van der Waals surface area contributed by atoms with E-state index in [4.69, 9.17) is 0 Å². The summed E-state index contributed by atoms with van der Waals surface area (Å²) in [6, 6.07) is 0.379. The molecule has 0 bridgehead atoms. The van der Waals surface area contributed by atoms with Crippen LogP contribution in [0.25, 0.3) is 0 Å². The Kier molecular flexibility index (Phi) is 3.09. The summed E-state index contributed by atoms with van der Waals surface area (Å²) >= 11 is 0. The molecule has 1 rings (SSSR count). The molecule has 1 atom stereocenters. The van der Waals surface area contributed by atoms with Crippen LogP contribution in [-0.4, -0.2) is 28.2 Å². The van der Waals surface area contributed by atoms with Crippen molar-refractivity contribution in [1.29, 1.82) is 0 Å². The van der Waals surface area contributed by atoms with E-state index in [1.54, 1.807) is 0 Å². The molecule has 2 heteroatoms. The highest BCUT2D eigenvalue weighted by Gasteiger charge is 2.41. The van der Waals surface area contributed by atoms with Gasteiger partial charge in [-0.15, -0.1) is 0 Å². The van der Waals surface area contributed by atoms with Gasteiger partial charge in [-0.3, -0.25) is 0 Å². The van der Waals surface area contributed by atoms with Gasteiger partial charge >= 0.3 is 0 Å². The van der Waals surface area contributed by atoms with E-state index in [-0.39, 0.29) is 11.0 Å². The van der Waals surface area contributed by atoms with Gasteiger partial charge in [0.05, 0.1) is 0 Å². The fourth-order valence-corrected chi connectivity index (χ4v) is 2.13. The Hall–Kier alpha value is -0.660. The largest absolute Gasteiger partial charge is 0.281 e. The van der Waals surface area contributed by atoms with Crippen LogP contribution in [0.15, 0.2) is 4.99 Å². The fourth-order valence-electron chi connectivity index (χ4n) is 2.13. The van der Waals surface area contributed by atoms with Crippen molar-refractivity contribution in [2.75, 3.05) is 0 Å². The lowest BCUT2D eigenvalue weighted by atomic mass is 9.84. The van der Waals surface area contributed by atoms with Crippen LogP contribution in [-0.2, 0) is 0 Å². The van der Waals surface area contributed by atoms with Gasteiger partial charge in [0.1, 0.15) is 11.3 Å². The fraction of sp³-hybridized carbons (Fsp3) is 0.846. The molecule has 0 amide bonds. The van der Waals surface area contributed by atoms with Crippen molar-refractivity contribution in [2.45, 2.75) is 66.5 Å². The molecular weight excluding hydrogens is 184 g/mol. The maximum absolute atomic E-state index is 4.61. The first kappa shape index (κ1) is 12.4. The molecule has 1 aliphatic heterocycles. The minimum atomic E-state index is 0.135. The molecule has 0 saturated heterocycles. The van der Waals surface area contributed by atoms with E-state index in [9.17, 15) is 0 Å². The normalized spacial score (nSPS) is 22.7. The van der Waals surface area contributed by atoms with Gasteiger partial charge in [0.2, 0.25) is 0 Å². The third kappa shape index (κ3) is 2.47. The van der Waals surface area contributed by atoms with Crippen LogP contribution < -0.4 is 0 Å². The highest BCUT2D eigenvalue weighted by Crippen LogP contribution is 2.26. The SMILES string of the molecule is CCC1N=C[N+](C(C)(C)C)=C1C(C)(C)C. The number of hydrogen-bond acceptors (Lipinski definition) is 1. The van der Waals surface area contributed by atoms with Gasteiger partial charge in [-0.2, -0.15) is 0 Å². The lowest BCUT2D eigenvalue weighted by Crippen LogP contribution is -2.42. The van der Waals surface area contributed by atoms with Gasteiger partial charge in [0.25, 0.3) is 6.34 Å². The Balaban J connectivity index is 3.23. The van der Waals surface area contributed by atoms with Crippen LogP contribution in [0.3, 0.4) is 0 Å². The molecule has 0 aromatic rings. The molecule has 0 spiro atoms. The van der Waals surface area contributed by atoms with E-state index < -0.39 is 0 Å². The number of hydrogen-bond donors (Lipinski definition) is 0. The molecule has 2 nitrogen and oxygen atoms in total. The van der Waals surface area contributed by atoms with Gasteiger partial charge in [0.15, 0.2) is 6.04 Å². The maximum Gasteiger partial charge on any atom is 0.281 e. The van der Waals surface area contributed by atoms with Gasteiger partial charge in [-0.25, -0.2) is 4.58 Å². The van der Waals surface area contributed by atoms with Crippen LogP contribution in [0.5, 0.6) is 0 Å². The average Bonchev–Trinajstić information content (AvgIpc) is 2.44. The summed E-state index contributed by atoms with van der Waals surface area (Å²) in [4.78, 5) is 4.61. The summed E-state index contributed by atoms with van der Waals surface area (Å²) in [7, 11) is 0. The molecule has 0 aromatic carbocycles. The molecule has 0 N–H and O–H groups in total. The van der Waals surface area contributed by atoms with Crippen molar-refractivity contribution in [3.05, 3.63) is 0 Å². The van der Waals surface area contributed by atoms with E-state index >= 15 is 0 Å². The summed E-state index contributed by atoms with van der Waals surface area (Å²) in [6.07, 6.45) is 3.12. The third-order valence-corrected chi connectivity index (χ3v) is 2.82. The summed E-state index contributed by atoms with van der Waals surface area (Å²) in [5, 5.41) is 0. The highest BCUT2D eigenvalue weighted by atomic mass is 15.2. The predicted octanol–water partition coefficient (Wildman–Crippen LogP) is 3.11. The molecule has 1 aliphatic rings. The monoisotopic (exact) mass is 209 g/mol. The Morgan fingerprint density at radius 1 is 1.20 bits per heavy atom. The first-order valence-corrected chi connectivity index (χ1v) is 5.88. The van der Waals surface area contributed by atoms with E-state index in [0.29, 0.717) is 6.04 Å². The molecule has 0 aliphatic carbocycles. The summed E-state index contributed by atoms with van der Waals surface area (Å²) in [5.41, 5.74) is 1.79. The van der Waals surface area contributed by atoms with Gasteiger partial charge in [-0.1, -0.05) is 32.7 Å². The maximum atomic E-state index is 4.61. The van der Waals surface area contributed by atoms with Gasteiger partial charge in [0, 0.05) is 5.41 Å². The van der Waals surface area contributed by atoms with E-state index in [0.717, 1.165) is 6.42 Å².